The van der Waals surface area contributed by atoms with Crippen LogP contribution in [-0.4, -0.2) is 14.1 Å². The fraction of sp³-hybridized carbons (Fsp3) is 0.0600. The molecule has 0 saturated carbocycles. The first-order valence-corrected chi connectivity index (χ1v) is 18.6. The SMILES string of the molecule is Cc1cccc(-c2ccc3c(c2)c2ccccc2n3-c2cccnc2-c2c(-n3c4ccccc4c4cc(-c5cccc(C)c5)ccc43)cccc2C(F)(F)F)c1. The van der Waals surface area contributed by atoms with Gasteiger partial charge in [-0.15, -0.1) is 0 Å². The van der Waals surface area contributed by atoms with Gasteiger partial charge in [-0.2, -0.15) is 13.2 Å². The summed E-state index contributed by atoms with van der Waals surface area (Å²) < 4.78 is 50.3. The number of fused-ring (bicyclic) bond motifs is 6. The normalized spacial score (nSPS) is 12.0. The molecule has 3 nitrogen and oxygen atoms in total. The van der Waals surface area contributed by atoms with Crippen LogP contribution in [0.15, 0.2) is 170 Å². The van der Waals surface area contributed by atoms with Crippen LogP contribution < -0.4 is 0 Å². The molecule has 0 N–H and O–H groups in total. The van der Waals surface area contributed by atoms with Gasteiger partial charge in [-0.1, -0.05) is 114 Å². The van der Waals surface area contributed by atoms with Gasteiger partial charge in [0.25, 0.3) is 0 Å². The van der Waals surface area contributed by atoms with Gasteiger partial charge in [0.1, 0.15) is 0 Å². The number of para-hydroxylation sites is 2. The highest BCUT2D eigenvalue weighted by molar-refractivity contribution is 6.12. The topological polar surface area (TPSA) is 22.8 Å². The first-order chi connectivity index (χ1) is 27.2. The molecule has 10 aromatic rings. The lowest BCUT2D eigenvalue weighted by Crippen LogP contribution is -2.12. The minimum Gasteiger partial charge on any atom is -0.309 e. The van der Waals surface area contributed by atoms with E-state index in [9.17, 15) is 0 Å². The van der Waals surface area contributed by atoms with E-state index >= 15 is 13.2 Å². The van der Waals surface area contributed by atoms with Crippen molar-refractivity contribution < 1.29 is 13.2 Å². The molecule has 0 radical (unpaired) electrons. The fourth-order valence-corrected chi connectivity index (χ4v) is 8.45. The van der Waals surface area contributed by atoms with Gasteiger partial charge in [0.2, 0.25) is 0 Å². The molecule has 56 heavy (non-hydrogen) atoms. The second-order valence-corrected chi connectivity index (χ2v) is 14.5. The number of aromatic nitrogens is 3. The summed E-state index contributed by atoms with van der Waals surface area (Å²) >= 11 is 0. The number of halogens is 3. The number of alkyl halides is 3. The summed E-state index contributed by atoms with van der Waals surface area (Å²) in [4.78, 5) is 4.83. The van der Waals surface area contributed by atoms with Gasteiger partial charge in [0.05, 0.1) is 44.7 Å². The van der Waals surface area contributed by atoms with E-state index < -0.39 is 11.7 Å². The highest BCUT2D eigenvalue weighted by Crippen LogP contribution is 2.46. The van der Waals surface area contributed by atoms with Crippen molar-refractivity contribution in [1.82, 2.24) is 14.1 Å². The van der Waals surface area contributed by atoms with Crippen LogP contribution in [0.3, 0.4) is 0 Å². The average molecular weight is 734 g/mol. The molecular formula is C50H34F3N3. The molecule has 0 aliphatic heterocycles. The van der Waals surface area contributed by atoms with Crippen LogP contribution >= 0.6 is 0 Å². The molecular weight excluding hydrogens is 700 g/mol. The number of benzene rings is 7. The van der Waals surface area contributed by atoms with Crippen molar-refractivity contribution in [2.75, 3.05) is 0 Å². The summed E-state index contributed by atoms with van der Waals surface area (Å²) in [5.41, 5.74) is 10.4. The van der Waals surface area contributed by atoms with Crippen molar-refractivity contribution in [2.45, 2.75) is 20.0 Å². The smallest absolute Gasteiger partial charge is 0.309 e. The minimum atomic E-state index is -4.67. The third-order valence-electron chi connectivity index (χ3n) is 10.9. The third kappa shape index (κ3) is 5.40. The van der Waals surface area contributed by atoms with E-state index in [4.69, 9.17) is 4.98 Å². The first-order valence-electron chi connectivity index (χ1n) is 18.6. The van der Waals surface area contributed by atoms with Gasteiger partial charge >= 0.3 is 6.18 Å². The zero-order valence-electron chi connectivity index (χ0n) is 30.6. The third-order valence-corrected chi connectivity index (χ3v) is 10.9. The molecule has 10 rings (SSSR count). The average Bonchev–Trinajstić information content (AvgIpc) is 3.72. The van der Waals surface area contributed by atoms with Gasteiger partial charge < -0.3 is 9.13 Å². The second kappa shape index (κ2) is 12.8. The zero-order chi connectivity index (χ0) is 38.1. The molecule has 3 aromatic heterocycles. The fourth-order valence-electron chi connectivity index (χ4n) is 8.45. The summed E-state index contributed by atoms with van der Waals surface area (Å²) in [6, 6.07) is 53.4. The second-order valence-electron chi connectivity index (χ2n) is 14.5. The molecule has 0 unspecified atom stereocenters. The molecule has 0 amide bonds. The summed E-state index contributed by atoms with van der Waals surface area (Å²) in [7, 11) is 0. The quantitative estimate of drug-likeness (QED) is 0.173. The molecule has 0 fully saturated rings. The number of hydrogen-bond donors (Lipinski definition) is 0. The van der Waals surface area contributed by atoms with Crippen LogP contribution in [0.2, 0.25) is 0 Å². The standard InChI is InChI=1S/C50H34F3N3/c1-31-11-7-13-33(27-31)35-22-24-44-39(29-35)37-15-3-5-18-42(37)55(44)46-20-9-17-41(50(51,52)53)48(46)49-47(21-10-26-54-49)56-43-19-6-4-16-38(43)40-30-36(23-25-45(40)56)34-14-8-12-32(2)28-34/h3-30H,1-2H3. The number of nitrogens with zero attached hydrogens (tertiary/aromatic N) is 3. The lowest BCUT2D eigenvalue weighted by molar-refractivity contribution is -0.137. The maximum absolute atomic E-state index is 15.4. The highest BCUT2D eigenvalue weighted by atomic mass is 19.4. The molecule has 0 atom stereocenters. The van der Waals surface area contributed by atoms with Crippen LogP contribution in [0.1, 0.15) is 16.7 Å². The monoisotopic (exact) mass is 733 g/mol. The summed E-state index contributed by atoms with van der Waals surface area (Å²) in [5, 5.41) is 3.91. The Morgan fingerprint density at radius 3 is 1.46 bits per heavy atom. The minimum absolute atomic E-state index is 0.0170. The van der Waals surface area contributed by atoms with Crippen LogP contribution in [0.5, 0.6) is 0 Å². The Kier molecular flexibility index (Phi) is 7.72. The molecule has 0 spiro atoms. The van der Waals surface area contributed by atoms with E-state index in [2.05, 4.69) is 97.3 Å². The van der Waals surface area contributed by atoms with Crippen molar-refractivity contribution in [2.24, 2.45) is 0 Å². The Bertz CT molecular complexity index is 3160. The largest absolute Gasteiger partial charge is 0.417 e. The predicted molar refractivity (Wildman–Crippen MR) is 224 cm³/mol. The highest BCUT2D eigenvalue weighted by Gasteiger charge is 2.37. The number of pyridine rings is 1. The lowest BCUT2D eigenvalue weighted by Gasteiger charge is -2.21. The maximum Gasteiger partial charge on any atom is 0.417 e. The van der Waals surface area contributed by atoms with Gasteiger partial charge in [0.15, 0.2) is 0 Å². The Labute approximate surface area is 321 Å². The van der Waals surface area contributed by atoms with E-state index in [1.807, 2.05) is 65.2 Å². The van der Waals surface area contributed by atoms with Crippen LogP contribution in [0.4, 0.5) is 13.2 Å². The molecule has 7 aromatic carbocycles. The van der Waals surface area contributed by atoms with Crippen molar-refractivity contribution >= 4 is 43.6 Å². The van der Waals surface area contributed by atoms with Crippen LogP contribution in [0, 0.1) is 13.8 Å². The zero-order valence-corrected chi connectivity index (χ0v) is 30.6. The number of aryl methyl sites for hydroxylation is 2. The van der Waals surface area contributed by atoms with E-state index in [1.165, 1.54) is 17.7 Å². The lowest BCUT2D eigenvalue weighted by atomic mass is 9.98. The van der Waals surface area contributed by atoms with Gasteiger partial charge in [0, 0.05) is 33.3 Å². The van der Waals surface area contributed by atoms with Crippen molar-refractivity contribution in [1.29, 1.82) is 0 Å². The first kappa shape index (κ1) is 33.6. The Balaban J connectivity index is 1.26. The maximum atomic E-state index is 15.4. The van der Waals surface area contributed by atoms with Gasteiger partial charge in [-0.25, -0.2) is 0 Å². The Hall–Kier alpha value is -6.92. The van der Waals surface area contributed by atoms with Crippen molar-refractivity contribution in [3.8, 4) is 44.9 Å². The number of rotatable bonds is 5. The van der Waals surface area contributed by atoms with E-state index in [1.54, 1.807) is 18.3 Å². The number of hydrogen-bond acceptors (Lipinski definition) is 1. The van der Waals surface area contributed by atoms with Crippen LogP contribution in [0.25, 0.3) is 88.5 Å². The van der Waals surface area contributed by atoms with Gasteiger partial charge in [-0.3, -0.25) is 4.98 Å². The summed E-state index contributed by atoms with van der Waals surface area (Å²) in [6.07, 6.45) is -3.08. The molecule has 0 bridgehead atoms. The Morgan fingerprint density at radius 1 is 0.429 bits per heavy atom. The van der Waals surface area contributed by atoms with Crippen LogP contribution in [-0.2, 0) is 6.18 Å². The Morgan fingerprint density at radius 2 is 0.911 bits per heavy atom. The molecule has 6 heteroatoms. The van der Waals surface area contributed by atoms with Gasteiger partial charge in [-0.05, 0) is 96.8 Å². The molecule has 3 heterocycles. The van der Waals surface area contributed by atoms with E-state index in [0.29, 0.717) is 11.4 Å². The summed E-state index contributed by atoms with van der Waals surface area (Å²) in [5.74, 6) is 0. The molecule has 0 saturated heterocycles. The van der Waals surface area contributed by atoms with E-state index in [0.717, 1.165) is 71.4 Å². The predicted octanol–water partition coefficient (Wildman–Crippen LogP) is 13.9. The molecule has 0 aliphatic rings. The molecule has 0 aliphatic carbocycles. The molecule has 270 valence electrons. The summed E-state index contributed by atoms with van der Waals surface area (Å²) in [6.45, 7) is 4.14. The van der Waals surface area contributed by atoms with Crippen molar-refractivity contribution in [3.63, 3.8) is 0 Å². The van der Waals surface area contributed by atoms with Crippen molar-refractivity contribution in [3.05, 3.63) is 187 Å². The van der Waals surface area contributed by atoms with E-state index in [-0.39, 0.29) is 11.3 Å².